The second-order valence-corrected chi connectivity index (χ2v) is 8.43. The summed E-state index contributed by atoms with van der Waals surface area (Å²) in [6.45, 7) is 5.41. The number of halogens is 1. The monoisotopic (exact) mass is 486 g/mol. The molecule has 0 unspecified atom stereocenters. The first-order chi connectivity index (χ1) is 16.1. The first-order valence-corrected chi connectivity index (χ1v) is 10.9. The van der Waals surface area contributed by atoms with Crippen molar-refractivity contribution in [3.63, 3.8) is 0 Å². The highest BCUT2D eigenvalue weighted by molar-refractivity contribution is 6.30. The van der Waals surface area contributed by atoms with Crippen LogP contribution in [0, 0.1) is 16.0 Å². The van der Waals surface area contributed by atoms with Crippen molar-refractivity contribution in [3.05, 3.63) is 75.1 Å². The van der Waals surface area contributed by atoms with Gasteiger partial charge in [0.25, 0.3) is 17.5 Å². The average Bonchev–Trinajstić information content (AvgIpc) is 3.29. The van der Waals surface area contributed by atoms with E-state index in [0.29, 0.717) is 22.6 Å². The largest absolute Gasteiger partial charge is 0.451 e. The second-order valence-electron chi connectivity index (χ2n) is 7.99. The number of non-ortho nitro benzene ring substituents is 1. The number of nitro benzene ring substituents is 1. The predicted molar refractivity (Wildman–Crippen MR) is 123 cm³/mol. The molecule has 0 radical (unpaired) electrons. The SMILES string of the molecule is CC(C)C[C@@H](NC(=O)c1ccc(Cl)cc1)C(=O)O[C@H](C)c1nnc(-c2ccc([N+](=O)[O-])cc2)o1. The van der Waals surface area contributed by atoms with Gasteiger partial charge in [-0.3, -0.25) is 14.9 Å². The van der Waals surface area contributed by atoms with E-state index in [1.807, 2.05) is 13.8 Å². The molecule has 0 saturated carbocycles. The Morgan fingerprint density at radius 3 is 2.32 bits per heavy atom. The maximum absolute atomic E-state index is 12.8. The van der Waals surface area contributed by atoms with Crippen LogP contribution in [-0.2, 0) is 9.53 Å². The molecule has 10 nitrogen and oxygen atoms in total. The summed E-state index contributed by atoms with van der Waals surface area (Å²) >= 11 is 5.86. The summed E-state index contributed by atoms with van der Waals surface area (Å²) < 4.78 is 11.1. The highest BCUT2D eigenvalue weighted by atomic mass is 35.5. The molecule has 0 spiro atoms. The molecule has 34 heavy (non-hydrogen) atoms. The Morgan fingerprint density at radius 2 is 1.74 bits per heavy atom. The van der Waals surface area contributed by atoms with Crippen LogP contribution >= 0.6 is 11.6 Å². The number of ether oxygens (including phenoxy) is 1. The van der Waals surface area contributed by atoms with Crippen LogP contribution in [-0.4, -0.2) is 33.0 Å². The third-order valence-electron chi connectivity index (χ3n) is 4.81. The van der Waals surface area contributed by atoms with Gasteiger partial charge in [-0.15, -0.1) is 10.2 Å². The van der Waals surface area contributed by atoms with Gasteiger partial charge >= 0.3 is 5.97 Å². The van der Waals surface area contributed by atoms with Crippen molar-refractivity contribution in [3.8, 4) is 11.5 Å². The Bertz CT molecular complexity index is 1160. The van der Waals surface area contributed by atoms with Crippen molar-refractivity contribution < 1.29 is 23.7 Å². The third-order valence-corrected chi connectivity index (χ3v) is 5.06. The van der Waals surface area contributed by atoms with E-state index in [2.05, 4.69) is 15.5 Å². The van der Waals surface area contributed by atoms with E-state index >= 15 is 0 Å². The van der Waals surface area contributed by atoms with Crippen molar-refractivity contribution in [2.24, 2.45) is 5.92 Å². The molecule has 2 atom stereocenters. The number of aromatic nitrogens is 2. The van der Waals surface area contributed by atoms with Gasteiger partial charge in [0.15, 0.2) is 6.10 Å². The summed E-state index contributed by atoms with van der Waals surface area (Å²) in [5.41, 5.74) is 0.780. The van der Waals surface area contributed by atoms with Gasteiger partial charge in [0.2, 0.25) is 5.89 Å². The van der Waals surface area contributed by atoms with E-state index in [1.165, 1.54) is 24.3 Å². The molecule has 0 fully saturated rings. The van der Waals surface area contributed by atoms with Crippen molar-refractivity contribution in [1.82, 2.24) is 15.5 Å². The van der Waals surface area contributed by atoms with Crippen molar-refractivity contribution in [2.45, 2.75) is 39.3 Å². The van der Waals surface area contributed by atoms with Gasteiger partial charge in [0.05, 0.1) is 4.92 Å². The number of nitrogens with one attached hydrogen (secondary N) is 1. The fourth-order valence-corrected chi connectivity index (χ4v) is 3.20. The molecule has 178 valence electrons. The van der Waals surface area contributed by atoms with Gasteiger partial charge in [-0.1, -0.05) is 25.4 Å². The van der Waals surface area contributed by atoms with Crippen LogP contribution in [0.1, 0.15) is 49.5 Å². The zero-order valence-corrected chi connectivity index (χ0v) is 19.5. The number of carbonyl (C=O) groups is 2. The molecular weight excluding hydrogens is 464 g/mol. The van der Waals surface area contributed by atoms with Crippen LogP contribution in [0.5, 0.6) is 0 Å². The smallest absolute Gasteiger partial charge is 0.329 e. The number of carbonyl (C=O) groups excluding carboxylic acids is 2. The maximum atomic E-state index is 12.8. The molecule has 3 aromatic rings. The molecule has 1 N–H and O–H groups in total. The first-order valence-electron chi connectivity index (χ1n) is 10.5. The second kappa shape index (κ2) is 10.9. The van der Waals surface area contributed by atoms with Gasteiger partial charge in [-0.2, -0.15) is 0 Å². The van der Waals surface area contributed by atoms with Gasteiger partial charge in [0, 0.05) is 28.3 Å². The number of rotatable bonds is 9. The fraction of sp³-hybridized carbons (Fsp3) is 0.304. The minimum Gasteiger partial charge on any atom is -0.451 e. The molecule has 0 aliphatic rings. The number of benzene rings is 2. The van der Waals surface area contributed by atoms with Crippen LogP contribution in [0.2, 0.25) is 5.02 Å². The molecule has 0 saturated heterocycles. The van der Waals surface area contributed by atoms with E-state index in [1.54, 1.807) is 31.2 Å². The Kier molecular flexibility index (Phi) is 7.95. The van der Waals surface area contributed by atoms with E-state index in [-0.39, 0.29) is 23.4 Å². The van der Waals surface area contributed by atoms with Gasteiger partial charge in [0.1, 0.15) is 6.04 Å². The lowest BCUT2D eigenvalue weighted by atomic mass is 10.0. The number of hydrogen-bond acceptors (Lipinski definition) is 8. The van der Waals surface area contributed by atoms with E-state index in [4.69, 9.17) is 20.8 Å². The highest BCUT2D eigenvalue weighted by Gasteiger charge is 2.28. The molecule has 2 aromatic carbocycles. The molecule has 1 heterocycles. The topological polar surface area (TPSA) is 137 Å². The highest BCUT2D eigenvalue weighted by Crippen LogP contribution is 2.25. The van der Waals surface area contributed by atoms with Crippen LogP contribution in [0.4, 0.5) is 5.69 Å². The summed E-state index contributed by atoms with van der Waals surface area (Å²) in [5.74, 6) is -0.782. The molecular formula is C23H23ClN4O6. The molecule has 3 rings (SSSR count). The Morgan fingerprint density at radius 1 is 1.09 bits per heavy atom. The molecule has 1 amide bonds. The molecule has 1 aromatic heterocycles. The van der Waals surface area contributed by atoms with Crippen LogP contribution in [0.3, 0.4) is 0 Å². The molecule has 11 heteroatoms. The summed E-state index contributed by atoms with van der Waals surface area (Å²) in [6.07, 6.45) is -0.517. The zero-order chi connectivity index (χ0) is 24.8. The summed E-state index contributed by atoms with van der Waals surface area (Å²) in [5, 5.41) is 21.8. The normalized spacial score (nSPS) is 12.7. The van der Waals surface area contributed by atoms with Gasteiger partial charge in [-0.05, 0) is 55.7 Å². The lowest BCUT2D eigenvalue weighted by Crippen LogP contribution is -2.43. The molecule has 0 aliphatic heterocycles. The minimum absolute atomic E-state index is 0.0500. The summed E-state index contributed by atoms with van der Waals surface area (Å²) in [7, 11) is 0. The van der Waals surface area contributed by atoms with Gasteiger partial charge in [-0.25, -0.2) is 4.79 Å². The zero-order valence-electron chi connectivity index (χ0n) is 18.7. The van der Waals surface area contributed by atoms with Crippen molar-refractivity contribution >= 4 is 29.2 Å². The van der Waals surface area contributed by atoms with Gasteiger partial charge < -0.3 is 14.5 Å². The van der Waals surface area contributed by atoms with E-state index in [9.17, 15) is 19.7 Å². The lowest BCUT2D eigenvalue weighted by molar-refractivity contribution is -0.384. The average molecular weight is 487 g/mol. The summed E-state index contributed by atoms with van der Waals surface area (Å²) in [6, 6.07) is 11.0. The Balaban J connectivity index is 1.68. The minimum atomic E-state index is -0.886. The molecule has 0 bridgehead atoms. The van der Waals surface area contributed by atoms with E-state index < -0.39 is 28.9 Å². The number of nitrogens with zero attached hydrogens (tertiary/aromatic N) is 3. The Labute approximate surface area is 200 Å². The number of nitro groups is 1. The lowest BCUT2D eigenvalue weighted by Gasteiger charge is -2.21. The fourth-order valence-electron chi connectivity index (χ4n) is 3.08. The first kappa shape index (κ1) is 24.8. The van der Waals surface area contributed by atoms with Crippen LogP contribution in [0.25, 0.3) is 11.5 Å². The van der Waals surface area contributed by atoms with E-state index in [0.717, 1.165) is 0 Å². The number of hydrogen-bond donors (Lipinski definition) is 1. The summed E-state index contributed by atoms with van der Waals surface area (Å²) in [4.78, 5) is 35.7. The van der Waals surface area contributed by atoms with Crippen molar-refractivity contribution in [1.29, 1.82) is 0 Å². The standard InChI is InChI=1S/C23H23ClN4O6/c1-13(2)12-19(25-20(29)15-4-8-17(24)9-5-15)23(30)33-14(3)21-26-27-22(34-21)16-6-10-18(11-7-16)28(31)32/h4-11,13-14,19H,12H2,1-3H3,(H,25,29)/t14-,19-/m1/s1. The number of esters is 1. The van der Waals surface area contributed by atoms with Crippen LogP contribution < -0.4 is 5.32 Å². The quantitative estimate of drug-likeness (QED) is 0.260. The molecule has 0 aliphatic carbocycles. The third kappa shape index (κ3) is 6.38. The van der Waals surface area contributed by atoms with Crippen LogP contribution in [0.15, 0.2) is 52.9 Å². The van der Waals surface area contributed by atoms with Crippen molar-refractivity contribution in [2.75, 3.05) is 0 Å². The number of amides is 1. The predicted octanol–water partition coefficient (Wildman–Crippen LogP) is 4.75. The Hall–Kier alpha value is -3.79. The maximum Gasteiger partial charge on any atom is 0.329 e.